The number of pyridine rings is 1. The molecule has 3 heterocycles. The first kappa shape index (κ1) is 28.7. The van der Waals surface area contributed by atoms with Gasteiger partial charge in [0.15, 0.2) is 0 Å². The van der Waals surface area contributed by atoms with E-state index in [1.165, 1.54) is 6.33 Å². The van der Waals surface area contributed by atoms with Gasteiger partial charge in [-0.3, -0.25) is 9.19 Å². The maximum absolute atomic E-state index is 11.4. The second-order valence-corrected chi connectivity index (χ2v) is 11.4. The van der Waals surface area contributed by atoms with Gasteiger partial charge in [0, 0.05) is 77.9 Å². The Hall–Kier alpha value is -3.83. The van der Waals surface area contributed by atoms with E-state index in [0.717, 1.165) is 39.1 Å². The zero-order valence-electron chi connectivity index (χ0n) is 22.6. The number of fused-ring (bicyclic) bond motifs is 1. The van der Waals surface area contributed by atoms with Gasteiger partial charge in [0.25, 0.3) is 0 Å². The summed E-state index contributed by atoms with van der Waals surface area (Å²) in [4.78, 5) is 13.2. The highest BCUT2D eigenvalue weighted by atomic mass is 35.5. The van der Waals surface area contributed by atoms with E-state index in [1.807, 2.05) is 59.3 Å². The zero-order valence-corrected chi connectivity index (χ0v) is 24.2. The Balaban J connectivity index is 1.35. The van der Waals surface area contributed by atoms with E-state index >= 15 is 0 Å². The standard InChI is InChI=1S/C30H31ClN6O3S/c1-41(39)13-11-32-16-22-18-37(17-21(22)9-12-38)25-6-7-28-26(15-25)30(35-20-34-28)36-23-5-8-29(27(31)14-23)40-19-24-4-2-3-10-33-24/h2-8,10,14-15,17-18,20,32,38H,9,11-13,16,19H2,1H3,(H,34,35,36). The van der Waals surface area contributed by atoms with Crippen LogP contribution in [0.1, 0.15) is 16.8 Å². The summed E-state index contributed by atoms with van der Waals surface area (Å²) >= 11 is 6.53. The van der Waals surface area contributed by atoms with Gasteiger partial charge >= 0.3 is 0 Å². The number of aliphatic hydroxyl groups excluding tert-OH is 1. The molecule has 0 bridgehead atoms. The summed E-state index contributed by atoms with van der Waals surface area (Å²) in [6.07, 6.45) is 9.60. The molecule has 0 amide bonds. The number of nitrogens with one attached hydrogen (secondary N) is 2. The minimum atomic E-state index is -0.840. The SMILES string of the molecule is CS(=O)CCNCc1cn(-c2ccc3ncnc(Nc4ccc(OCc5ccccn5)c(Cl)c4)c3c2)cc1CCO. The zero-order chi connectivity index (χ0) is 28.6. The van der Waals surface area contributed by atoms with Crippen LogP contribution in [-0.2, 0) is 30.4 Å². The summed E-state index contributed by atoms with van der Waals surface area (Å²) in [6, 6.07) is 17.2. The van der Waals surface area contributed by atoms with Crippen molar-refractivity contribution >= 4 is 44.8 Å². The number of halogens is 1. The first-order chi connectivity index (χ1) is 20.0. The van der Waals surface area contributed by atoms with Crippen LogP contribution in [0.15, 0.2) is 79.5 Å². The van der Waals surface area contributed by atoms with Gasteiger partial charge in [0.05, 0.1) is 16.2 Å². The molecule has 0 saturated carbocycles. The van der Waals surface area contributed by atoms with Crippen LogP contribution in [0.2, 0.25) is 5.02 Å². The lowest BCUT2D eigenvalue weighted by molar-refractivity contribution is 0.299. The number of ether oxygens (including phenoxy) is 1. The molecule has 0 spiro atoms. The van der Waals surface area contributed by atoms with E-state index < -0.39 is 10.8 Å². The fourth-order valence-electron chi connectivity index (χ4n) is 4.40. The molecular weight excluding hydrogens is 560 g/mol. The van der Waals surface area contributed by atoms with Gasteiger partial charge in [0.1, 0.15) is 24.5 Å². The Bertz CT molecular complexity index is 1650. The highest BCUT2D eigenvalue weighted by Gasteiger charge is 2.12. The lowest BCUT2D eigenvalue weighted by Gasteiger charge is -2.12. The van der Waals surface area contributed by atoms with Crippen molar-refractivity contribution < 1.29 is 14.1 Å². The van der Waals surface area contributed by atoms with Gasteiger partial charge in [-0.1, -0.05) is 17.7 Å². The molecule has 1 atom stereocenters. The molecule has 0 aliphatic heterocycles. The van der Waals surface area contributed by atoms with Gasteiger partial charge < -0.3 is 25.0 Å². The van der Waals surface area contributed by atoms with Crippen LogP contribution >= 0.6 is 11.6 Å². The van der Waals surface area contributed by atoms with Crippen molar-refractivity contribution in [3.05, 3.63) is 101 Å². The minimum Gasteiger partial charge on any atom is -0.486 e. The van der Waals surface area contributed by atoms with E-state index in [4.69, 9.17) is 16.3 Å². The van der Waals surface area contributed by atoms with E-state index in [9.17, 15) is 9.32 Å². The predicted molar refractivity (Wildman–Crippen MR) is 164 cm³/mol. The molecular formula is C30H31ClN6O3S. The minimum absolute atomic E-state index is 0.0607. The van der Waals surface area contributed by atoms with Crippen LogP contribution < -0.4 is 15.4 Å². The number of hydrogen-bond acceptors (Lipinski definition) is 8. The lowest BCUT2D eigenvalue weighted by atomic mass is 10.1. The van der Waals surface area contributed by atoms with E-state index in [2.05, 4.69) is 31.8 Å². The molecule has 2 aromatic carbocycles. The molecule has 5 aromatic rings. The van der Waals surface area contributed by atoms with Crippen LogP contribution in [0, 0.1) is 0 Å². The molecule has 0 aliphatic rings. The summed E-state index contributed by atoms with van der Waals surface area (Å²) in [5.41, 5.74) is 5.46. The van der Waals surface area contributed by atoms with Crippen molar-refractivity contribution in [1.82, 2.24) is 24.8 Å². The Kier molecular flexibility index (Phi) is 9.58. The highest BCUT2D eigenvalue weighted by Crippen LogP contribution is 2.31. The molecule has 3 N–H and O–H groups in total. The summed E-state index contributed by atoms with van der Waals surface area (Å²) < 4.78 is 19.3. The number of nitrogens with zero attached hydrogens (tertiary/aromatic N) is 4. The number of benzene rings is 2. The van der Waals surface area contributed by atoms with Crippen LogP contribution in [0.4, 0.5) is 11.5 Å². The molecule has 0 fully saturated rings. The van der Waals surface area contributed by atoms with E-state index in [1.54, 1.807) is 18.5 Å². The summed E-state index contributed by atoms with van der Waals surface area (Å²) in [5, 5.41) is 17.6. The van der Waals surface area contributed by atoms with Crippen molar-refractivity contribution in [2.45, 2.75) is 19.6 Å². The average Bonchev–Trinajstić information content (AvgIpc) is 3.38. The first-order valence-corrected chi connectivity index (χ1v) is 15.3. The predicted octanol–water partition coefficient (Wildman–Crippen LogP) is 4.79. The summed E-state index contributed by atoms with van der Waals surface area (Å²) in [7, 11) is -0.840. The quantitative estimate of drug-likeness (QED) is 0.168. The van der Waals surface area contributed by atoms with E-state index in [-0.39, 0.29) is 6.61 Å². The van der Waals surface area contributed by atoms with Crippen molar-refractivity contribution in [1.29, 1.82) is 0 Å². The molecule has 11 heteroatoms. The number of aromatic nitrogens is 4. The smallest absolute Gasteiger partial charge is 0.141 e. The molecule has 41 heavy (non-hydrogen) atoms. The third-order valence-electron chi connectivity index (χ3n) is 6.48. The summed E-state index contributed by atoms with van der Waals surface area (Å²) in [5.74, 6) is 1.81. The number of hydrogen-bond donors (Lipinski definition) is 3. The Morgan fingerprint density at radius 2 is 1.93 bits per heavy atom. The van der Waals surface area contributed by atoms with Crippen molar-refractivity contribution in [2.24, 2.45) is 0 Å². The third-order valence-corrected chi connectivity index (χ3v) is 7.55. The molecule has 0 radical (unpaired) electrons. The molecule has 1 unspecified atom stereocenters. The maximum atomic E-state index is 11.4. The third kappa shape index (κ3) is 7.47. The van der Waals surface area contributed by atoms with Gasteiger partial charge in [-0.05, 0) is 66.1 Å². The number of anilines is 2. The molecule has 3 aromatic heterocycles. The largest absolute Gasteiger partial charge is 0.486 e. The Morgan fingerprint density at radius 1 is 1.05 bits per heavy atom. The van der Waals surface area contributed by atoms with Crippen LogP contribution in [0.5, 0.6) is 5.75 Å². The van der Waals surface area contributed by atoms with Crippen LogP contribution in [-0.4, -0.2) is 54.0 Å². The normalized spacial score (nSPS) is 12.0. The topological polar surface area (TPSA) is 114 Å². The van der Waals surface area contributed by atoms with E-state index in [0.29, 0.717) is 48.5 Å². The second-order valence-electron chi connectivity index (χ2n) is 9.45. The fraction of sp³-hybridized carbons (Fsp3) is 0.233. The molecule has 9 nitrogen and oxygen atoms in total. The van der Waals surface area contributed by atoms with Crippen molar-refractivity contribution in [3.8, 4) is 11.4 Å². The van der Waals surface area contributed by atoms with Crippen LogP contribution in [0.25, 0.3) is 16.6 Å². The van der Waals surface area contributed by atoms with Crippen LogP contribution in [0.3, 0.4) is 0 Å². The summed E-state index contributed by atoms with van der Waals surface area (Å²) in [6.45, 7) is 1.68. The maximum Gasteiger partial charge on any atom is 0.141 e. The monoisotopic (exact) mass is 590 g/mol. The van der Waals surface area contributed by atoms with Crippen molar-refractivity contribution in [2.75, 3.05) is 30.5 Å². The average molecular weight is 591 g/mol. The molecule has 5 rings (SSSR count). The van der Waals surface area contributed by atoms with Gasteiger partial charge in [-0.25, -0.2) is 9.97 Å². The Morgan fingerprint density at radius 3 is 2.71 bits per heavy atom. The van der Waals surface area contributed by atoms with Gasteiger partial charge in [-0.15, -0.1) is 0 Å². The first-order valence-electron chi connectivity index (χ1n) is 13.2. The van der Waals surface area contributed by atoms with Gasteiger partial charge in [0.2, 0.25) is 0 Å². The van der Waals surface area contributed by atoms with Gasteiger partial charge in [-0.2, -0.15) is 0 Å². The number of aliphatic hydroxyl groups is 1. The second kappa shape index (κ2) is 13.7. The molecule has 0 aliphatic carbocycles. The van der Waals surface area contributed by atoms with Crippen molar-refractivity contribution in [3.63, 3.8) is 0 Å². The lowest BCUT2D eigenvalue weighted by Crippen LogP contribution is -2.20. The fourth-order valence-corrected chi connectivity index (χ4v) is 5.07. The number of rotatable bonds is 13. The molecule has 0 saturated heterocycles. The Labute approximate surface area is 246 Å². The highest BCUT2D eigenvalue weighted by molar-refractivity contribution is 7.84. The molecule has 212 valence electrons.